The minimum Gasteiger partial charge on any atom is -0.486 e. The molecule has 3 rings (SSSR count). The highest BCUT2D eigenvalue weighted by Gasteiger charge is 2.42. The molecule has 1 aromatic heterocycles. The molecule has 0 aromatic carbocycles. The molecule has 32 heavy (non-hydrogen) atoms. The fraction of sp³-hybridized carbons (Fsp3) is 0.652. The zero-order chi connectivity index (χ0) is 23.2. The van der Waals surface area contributed by atoms with E-state index in [1.807, 2.05) is 0 Å². The van der Waals surface area contributed by atoms with Crippen LogP contribution in [0.1, 0.15) is 59.3 Å². The molecular formula is C23H33FN4O4. The number of halogens is 1. The van der Waals surface area contributed by atoms with Crippen LogP contribution in [0.15, 0.2) is 24.3 Å². The first kappa shape index (κ1) is 23.9. The fourth-order valence-corrected chi connectivity index (χ4v) is 4.08. The zero-order valence-electron chi connectivity index (χ0n) is 19.2. The lowest BCUT2D eigenvalue weighted by Gasteiger charge is -2.42. The molecular weight excluding hydrogens is 415 g/mol. The van der Waals surface area contributed by atoms with E-state index < -0.39 is 5.60 Å². The van der Waals surface area contributed by atoms with Crippen molar-refractivity contribution < 1.29 is 23.5 Å². The zero-order valence-corrected chi connectivity index (χ0v) is 19.2. The predicted octanol–water partition coefficient (Wildman–Crippen LogP) is 3.33. The van der Waals surface area contributed by atoms with Gasteiger partial charge in [0.05, 0.1) is 24.1 Å². The van der Waals surface area contributed by atoms with E-state index in [1.54, 1.807) is 33.2 Å². The number of nitrogens with zero attached hydrogens (tertiary/aromatic N) is 3. The lowest BCUT2D eigenvalue weighted by atomic mass is 9.72. The molecule has 2 fully saturated rings. The summed E-state index contributed by atoms with van der Waals surface area (Å²) in [6, 6.07) is 0. The van der Waals surface area contributed by atoms with E-state index in [2.05, 4.69) is 20.2 Å². The average molecular weight is 449 g/mol. The highest BCUT2D eigenvalue weighted by atomic mass is 19.1. The van der Waals surface area contributed by atoms with Crippen molar-refractivity contribution in [3.8, 4) is 5.75 Å². The molecule has 0 aliphatic carbocycles. The van der Waals surface area contributed by atoms with Crippen LogP contribution in [-0.4, -0.2) is 53.7 Å². The van der Waals surface area contributed by atoms with Crippen LogP contribution in [0.5, 0.6) is 5.75 Å². The first-order valence-corrected chi connectivity index (χ1v) is 11.2. The molecule has 0 saturated carbocycles. The maximum absolute atomic E-state index is 13.2. The van der Waals surface area contributed by atoms with Crippen molar-refractivity contribution >= 4 is 17.8 Å². The van der Waals surface area contributed by atoms with Crippen LogP contribution in [0, 0.1) is 5.41 Å². The van der Waals surface area contributed by atoms with Crippen LogP contribution in [0.4, 0.5) is 10.3 Å². The highest BCUT2D eigenvalue weighted by Crippen LogP contribution is 2.38. The fourth-order valence-electron chi connectivity index (χ4n) is 4.08. The third-order valence-electron chi connectivity index (χ3n) is 5.87. The van der Waals surface area contributed by atoms with Crippen molar-refractivity contribution in [3.05, 3.63) is 24.3 Å². The van der Waals surface area contributed by atoms with Crippen molar-refractivity contribution in [2.24, 2.45) is 5.41 Å². The van der Waals surface area contributed by atoms with Crippen LogP contribution in [0.25, 0.3) is 0 Å². The summed E-state index contributed by atoms with van der Waals surface area (Å²) in [7, 11) is 0. The molecule has 0 radical (unpaired) electrons. The molecule has 1 amide bonds. The number of carbonyl (C=O) groups is 2. The largest absolute Gasteiger partial charge is 0.486 e. The lowest BCUT2D eigenvalue weighted by molar-refractivity contribution is -0.154. The summed E-state index contributed by atoms with van der Waals surface area (Å²) in [6.07, 6.45) is 7.44. The number of rotatable bonds is 7. The molecule has 0 atom stereocenters. The molecule has 2 saturated heterocycles. The Morgan fingerprint density at radius 2 is 1.91 bits per heavy atom. The summed E-state index contributed by atoms with van der Waals surface area (Å²) in [6.45, 7) is 7.60. The summed E-state index contributed by atoms with van der Waals surface area (Å²) in [4.78, 5) is 34.9. The van der Waals surface area contributed by atoms with Gasteiger partial charge in [0, 0.05) is 26.1 Å². The monoisotopic (exact) mass is 448 g/mol. The van der Waals surface area contributed by atoms with E-state index in [0.717, 1.165) is 45.3 Å². The molecule has 8 nitrogen and oxygen atoms in total. The number of piperidine rings is 2. The Morgan fingerprint density at radius 3 is 2.50 bits per heavy atom. The van der Waals surface area contributed by atoms with Gasteiger partial charge in [-0.1, -0.05) is 0 Å². The van der Waals surface area contributed by atoms with Gasteiger partial charge in [0.15, 0.2) is 5.75 Å². The van der Waals surface area contributed by atoms with Gasteiger partial charge in [-0.05, 0) is 58.4 Å². The Labute approximate surface area is 188 Å². The second-order valence-electron chi connectivity index (χ2n) is 9.49. The molecule has 3 heterocycles. The van der Waals surface area contributed by atoms with E-state index in [4.69, 9.17) is 9.47 Å². The van der Waals surface area contributed by atoms with Gasteiger partial charge in [-0.15, -0.1) is 0 Å². The third-order valence-corrected chi connectivity index (χ3v) is 5.87. The minimum absolute atomic E-state index is 0.00332. The minimum atomic E-state index is -0.565. The van der Waals surface area contributed by atoms with Crippen molar-refractivity contribution in [2.45, 2.75) is 64.9 Å². The normalized spacial score (nSPS) is 18.9. The van der Waals surface area contributed by atoms with Gasteiger partial charge in [-0.2, -0.15) is 0 Å². The van der Waals surface area contributed by atoms with Crippen LogP contribution in [-0.2, 0) is 14.3 Å². The topological polar surface area (TPSA) is 93.7 Å². The number of aromatic nitrogens is 2. The number of ether oxygens (including phenoxy) is 2. The number of esters is 1. The van der Waals surface area contributed by atoms with Crippen molar-refractivity contribution in [2.75, 3.05) is 31.1 Å². The predicted molar refractivity (Wildman–Crippen MR) is 118 cm³/mol. The Bertz CT molecular complexity index is 827. The van der Waals surface area contributed by atoms with Gasteiger partial charge in [-0.3, -0.25) is 9.59 Å². The van der Waals surface area contributed by atoms with Crippen molar-refractivity contribution in [3.63, 3.8) is 0 Å². The average Bonchev–Trinajstić information content (AvgIpc) is 2.76. The lowest BCUT2D eigenvalue weighted by Crippen LogP contribution is -2.52. The summed E-state index contributed by atoms with van der Waals surface area (Å²) >= 11 is 0. The molecule has 176 valence electrons. The van der Waals surface area contributed by atoms with E-state index in [-0.39, 0.29) is 36.7 Å². The standard InChI is InChI=1S/C23H33FN4O4/c1-22(2,3)32-19(29)6-5-17(13-24)16-31-18-14-26-21(27-15-18)28-11-8-23(9-12-28)7-4-10-25-20(23)30/h13-15H,4-12,16H2,1-3H3,(H,25,30)/b17-13+. The summed E-state index contributed by atoms with van der Waals surface area (Å²) in [5, 5.41) is 3.00. The maximum Gasteiger partial charge on any atom is 0.306 e. The number of hydrogen-bond donors (Lipinski definition) is 1. The van der Waals surface area contributed by atoms with Gasteiger partial charge in [0.2, 0.25) is 11.9 Å². The first-order valence-electron chi connectivity index (χ1n) is 11.2. The van der Waals surface area contributed by atoms with Gasteiger partial charge >= 0.3 is 5.97 Å². The van der Waals surface area contributed by atoms with Crippen molar-refractivity contribution in [1.29, 1.82) is 0 Å². The molecule has 9 heteroatoms. The Balaban J connectivity index is 1.45. The van der Waals surface area contributed by atoms with Gasteiger partial charge in [-0.25, -0.2) is 14.4 Å². The van der Waals surface area contributed by atoms with E-state index >= 15 is 0 Å². The number of nitrogens with one attached hydrogen (secondary N) is 1. The summed E-state index contributed by atoms with van der Waals surface area (Å²) in [5.41, 5.74) is -0.456. The molecule has 0 unspecified atom stereocenters. The Morgan fingerprint density at radius 1 is 1.22 bits per heavy atom. The molecule has 1 spiro atoms. The maximum atomic E-state index is 13.2. The SMILES string of the molecule is CC(C)(C)OC(=O)CC/C(=C\F)COc1cnc(N2CCC3(CCCNC3=O)CC2)nc1. The molecule has 1 aromatic rings. The van der Waals surface area contributed by atoms with Gasteiger partial charge in [0.1, 0.15) is 12.2 Å². The van der Waals surface area contributed by atoms with E-state index in [9.17, 15) is 14.0 Å². The molecule has 1 N–H and O–H groups in total. The van der Waals surface area contributed by atoms with E-state index in [1.165, 1.54) is 0 Å². The Hall–Kier alpha value is -2.71. The van der Waals surface area contributed by atoms with Crippen LogP contribution < -0.4 is 15.0 Å². The van der Waals surface area contributed by atoms with Crippen LogP contribution in [0.2, 0.25) is 0 Å². The van der Waals surface area contributed by atoms with Crippen molar-refractivity contribution in [1.82, 2.24) is 15.3 Å². The third kappa shape index (κ3) is 6.40. The highest BCUT2D eigenvalue weighted by molar-refractivity contribution is 5.83. The summed E-state index contributed by atoms with van der Waals surface area (Å²) in [5.74, 6) is 0.815. The second kappa shape index (κ2) is 10.3. The quantitative estimate of drug-likeness (QED) is 0.640. The molecule has 2 aliphatic rings. The van der Waals surface area contributed by atoms with Crippen LogP contribution in [0.3, 0.4) is 0 Å². The second-order valence-corrected chi connectivity index (χ2v) is 9.49. The number of anilines is 1. The Kier molecular flexibility index (Phi) is 7.69. The number of carbonyl (C=O) groups excluding carboxylic acids is 2. The first-order chi connectivity index (χ1) is 15.2. The molecule has 0 bridgehead atoms. The summed E-state index contributed by atoms with van der Waals surface area (Å²) < 4.78 is 24.0. The molecule has 2 aliphatic heterocycles. The van der Waals surface area contributed by atoms with Crippen LogP contribution >= 0.6 is 0 Å². The number of hydrogen-bond acceptors (Lipinski definition) is 7. The van der Waals surface area contributed by atoms with Gasteiger partial charge < -0.3 is 19.7 Å². The van der Waals surface area contributed by atoms with Gasteiger partial charge in [0.25, 0.3) is 0 Å². The number of amides is 1. The van der Waals surface area contributed by atoms with E-state index in [0.29, 0.717) is 23.6 Å². The smallest absolute Gasteiger partial charge is 0.306 e.